The number of halogens is 4. The fourth-order valence-electron chi connectivity index (χ4n) is 1.30. The van der Waals surface area contributed by atoms with Gasteiger partial charge >= 0.3 is 15.6 Å². The van der Waals surface area contributed by atoms with Crippen molar-refractivity contribution in [1.29, 1.82) is 0 Å². The van der Waals surface area contributed by atoms with Crippen LogP contribution in [0.3, 0.4) is 0 Å². The SMILES string of the molecule is CCP1(F)=NP(F)(Oc2ccccc2)=NP(F)(F)=N1. The van der Waals surface area contributed by atoms with Gasteiger partial charge in [0, 0.05) is 6.16 Å². The molecule has 1 aliphatic rings. The van der Waals surface area contributed by atoms with Crippen LogP contribution in [0.4, 0.5) is 16.8 Å². The number of hydrogen-bond acceptors (Lipinski definition) is 4. The Balaban J connectivity index is 2.49. The Bertz CT molecular complexity index is 642. The van der Waals surface area contributed by atoms with E-state index in [-0.39, 0.29) is 11.9 Å². The molecule has 0 fully saturated rings. The molecule has 0 aliphatic carbocycles. The van der Waals surface area contributed by atoms with Gasteiger partial charge in [0.15, 0.2) is 0 Å². The molecule has 4 nitrogen and oxygen atoms in total. The van der Waals surface area contributed by atoms with Crippen molar-refractivity contribution in [2.45, 2.75) is 6.92 Å². The average Bonchev–Trinajstić information content (AvgIpc) is 2.26. The summed E-state index contributed by atoms with van der Waals surface area (Å²) in [5.41, 5.74) is 0. The topological polar surface area (TPSA) is 46.3 Å². The molecule has 1 aromatic carbocycles. The summed E-state index contributed by atoms with van der Waals surface area (Å²) in [6.45, 7) is 1.29. The Morgan fingerprint density at radius 1 is 1.00 bits per heavy atom. The first-order valence-corrected chi connectivity index (χ1v) is 9.95. The Labute approximate surface area is 108 Å². The standard InChI is InChI=1S/C8H10F4N3OP3/c1-2-17(9)13-18(10,11)15-19(12,14-17)16-8-6-4-3-5-7-8/h3-7H,2H2,1H3. The second-order valence-corrected chi connectivity index (χ2v) is 9.67. The Hall–Kier alpha value is -0.570. The smallest absolute Gasteiger partial charge is 0.419 e. The van der Waals surface area contributed by atoms with E-state index in [0.29, 0.717) is 0 Å². The molecule has 2 unspecified atom stereocenters. The van der Waals surface area contributed by atoms with Gasteiger partial charge in [0.2, 0.25) is 0 Å². The largest absolute Gasteiger partial charge is 0.439 e. The zero-order valence-corrected chi connectivity index (χ0v) is 12.4. The molecule has 0 radical (unpaired) electrons. The number of para-hydroxylation sites is 1. The Morgan fingerprint density at radius 2 is 1.63 bits per heavy atom. The third-order valence-corrected chi connectivity index (χ3v) is 9.00. The van der Waals surface area contributed by atoms with E-state index in [1.807, 2.05) is 0 Å². The molecule has 0 aromatic heterocycles. The first-order chi connectivity index (χ1) is 8.76. The minimum absolute atomic E-state index is 0.0182. The third-order valence-electron chi connectivity index (χ3n) is 2.08. The van der Waals surface area contributed by atoms with Gasteiger partial charge in [-0.15, -0.1) is 21.6 Å². The zero-order valence-electron chi connectivity index (χ0n) is 9.70. The fraction of sp³-hybridized carbons (Fsp3) is 0.250. The predicted molar refractivity (Wildman–Crippen MR) is 70.1 cm³/mol. The highest BCUT2D eigenvalue weighted by Crippen LogP contribution is 2.80. The molecule has 0 bridgehead atoms. The lowest BCUT2D eigenvalue weighted by molar-refractivity contribution is 0.550. The quantitative estimate of drug-likeness (QED) is 0.438. The Morgan fingerprint density at radius 3 is 2.21 bits per heavy atom. The average molecular weight is 333 g/mol. The second-order valence-electron chi connectivity index (χ2n) is 3.56. The molecule has 0 N–H and O–H groups in total. The number of hydrogen-bond donors (Lipinski definition) is 0. The minimum atomic E-state index is -5.35. The number of benzene rings is 1. The van der Waals surface area contributed by atoms with E-state index in [0.717, 1.165) is 0 Å². The summed E-state index contributed by atoms with van der Waals surface area (Å²) >= 11 is 0. The van der Waals surface area contributed by atoms with E-state index in [4.69, 9.17) is 4.52 Å². The van der Waals surface area contributed by atoms with E-state index >= 15 is 0 Å². The van der Waals surface area contributed by atoms with E-state index in [9.17, 15) is 16.8 Å². The van der Waals surface area contributed by atoms with Gasteiger partial charge < -0.3 is 4.52 Å². The fourth-order valence-corrected chi connectivity index (χ4v) is 8.12. The first-order valence-electron chi connectivity index (χ1n) is 5.20. The maximum atomic E-state index is 14.3. The molecule has 11 heteroatoms. The van der Waals surface area contributed by atoms with E-state index < -0.39 is 23.1 Å². The summed E-state index contributed by atoms with van der Waals surface area (Å²) in [7, 11) is -14.3. The van der Waals surface area contributed by atoms with Crippen molar-refractivity contribution in [3.8, 4) is 5.75 Å². The predicted octanol–water partition coefficient (Wildman–Crippen LogP) is 6.90. The molecule has 0 amide bonds. The molecule has 0 spiro atoms. The highest BCUT2D eigenvalue weighted by Gasteiger charge is 2.39. The van der Waals surface area contributed by atoms with Crippen molar-refractivity contribution >= 4 is 23.1 Å². The summed E-state index contributed by atoms with van der Waals surface area (Å²) in [5, 5.41) is 0. The molecule has 1 aliphatic heterocycles. The van der Waals surface area contributed by atoms with Crippen molar-refractivity contribution in [1.82, 2.24) is 0 Å². The lowest BCUT2D eigenvalue weighted by atomic mass is 10.3. The highest BCUT2D eigenvalue weighted by molar-refractivity contribution is 7.79. The van der Waals surface area contributed by atoms with Gasteiger partial charge in [-0.3, -0.25) is 0 Å². The third kappa shape index (κ3) is 3.71. The molecule has 0 saturated heterocycles. The molecule has 19 heavy (non-hydrogen) atoms. The van der Waals surface area contributed by atoms with Gasteiger partial charge in [0.05, 0.1) is 0 Å². The van der Waals surface area contributed by atoms with Crippen molar-refractivity contribution in [3.63, 3.8) is 0 Å². The van der Waals surface area contributed by atoms with Crippen LogP contribution >= 0.6 is 23.1 Å². The molecule has 0 saturated carbocycles. The molecule has 106 valence electrons. The monoisotopic (exact) mass is 333 g/mol. The molecule has 1 aromatic rings. The summed E-state index contributed by atoms with van der Waals surface area (Å²) < 4.78 is 68.1. The second kappa shape index (κ2) is 5.08. The highest BCUT2D eigenvalue weighted by atomic mass is 31.3. The number of nitrogens with zero attached hydrogens (tertiary/aromatic N) is 3. The molecule has 2 rings (SSSR count). The van der Waals surface area contributed by atoms with Crippen LogP contribution in [-0.2, 0) is 0 Å². The lowest BCUT2D eigenvalue weighted by Crippen LogP contribution is -1.89. The van der Waals surface area contributed by atoms with Crippen molar-refractivity contribution in [2.24, 2.45) is 13.5 Å². The van der Waals surface area contributed by atoms with Crippen LogP contribution in [0.15, 0.2) is 43.9 Å². The van der Waals surface area contributed by atoms with Crippen LogP contribution in [-0.4, -0.2) is 6.16 Å². The van der Waals surface area contributed by atoms with Gasteiger partial charge in [-0.1, -0.05) is 25.1 Å². The van der Waals surface area contributed by atoms with Gasteiger partial charge in [0.1, 0.15) is 5.75 Å². The van der Waals surface area contributed by atoms with Crippen LogP contribution in [0.1, 0.15) is 6.92 Å². The molecule has 2 atom stereocenters. The van der Waals surface area contributed by atoms with E-state index in [1.165, 1.54) is 31.2 Å². The maximum Gasteiger partial charge on any atom is 0.439 e. The summed E-state index contributed by atoms with van der Waals surface area (Å²) in [5.74, 6) is -0.0182. The van der Waals surface area contributed by atoms with Crippen LogP contribution in [0.2, 0.25) is 0 Å². The molecular formula is C8H10F4N3OP3. The van der Waals surface area contributed by atoms with Gasteiger partial charge in [0.25, 0.3) is 7.52 Å². The normalized spacial score (nSPS) is 32.7. The Kier molecular flexibility index (Phi) is 3.97. The van der Waals surface area contributed by atoms with Crippen molar-refractivity contribution in [3.05, 3.63) is 30.3 Å². The van der Waals surface area contributed by atoms with Crippen LogP contribution in [0, 0.1) is 0 Å². The minimum Gasteiger partial charge on any atom is -0.419 e. The van der Waals surface area contributed by atoms with Crippen LogP contribution < -0.4 is 4.52 Å². The van der Waals surface area contributed by atoms with Gasteiger partial charge in [-0.25, -0.2) is 0 Å². The van der Waals surface area contributed by atoms with E-state index in [1.54, 1.807) is 6.07 Å². The summed E-state index contributed by atoms with van der Waals surface area (Å²) in [4.78, 5) is 0. The summed E-state index contributed by atoms with van der Waals surface area (Å²) in [6, 6.07) is 7.42. The maximum absolute atomic E-state index is 14.3. The van der Waals surface area contributed by atoms with Crippen LogP contribution in [0.25, 0.3) is 0 Å². The lowest BCUT2D eigenvalue weighted by Gasteiger charge is -2.20. The van der Waals surface area contributed by atoms with Gasteiger partial charge in [-0.05, 0) is 12.1 Å². The number of rotatable bonds is 3. The van der Waals surface area contributed by atoms with Crippen molar-refractivity contribution < 1.29 is 21.3 Å². The molecule has 1 heterocycles. The van der Waals surface area contributed by atoms with Crippen molar-refractivity contribution in [2.75, 3.05) is 6.16 Å². The van der Waals surface area contributed by atoms with E-state index in [2.05, 4.69) is 13.5 Å². The van der Waals surface area contributed by atoms with Crippen LogP contribution in [0.5, 0.6) is 5.75 Å². The van der Waals surface area contributed by atoms with Gasteiger partial charge in [-0.2, -0.15) is 8.71 Å². The zero-order chi connectivity index (χ0) is 14.1. The molecular weight excluding hydrogens is 323 g/mol. The first kappa shape index (κ1) is 14.8. The summed E-state index contributed by atoms with van der Waals surface area (Å²) in [6.07, 6.45) is -0.387.